The van der Waals surface area contributed by atoms with Crippen molar-refractivity contribution in [3.8, 4) is 0 Å². The van der Waals surface area contributed by atoms with Gasteiger partial charge in [0.25, 0.3) is 5.83 Å². The van der Waals surface area contributed by atoms with Gasteiger partial charge in [0.15, 0.2) is 0 Å². The van der Waals surface area contributed by atoms with Crippen molar-refractivity contribution in [2.45, 2.75) is 18.6 Å². The van der Waals surface area contributed by atoms with Crippen molar-refractivity contribution in [3.05, 3.63) is 11.9 Å². The van der Waals surface area contributed by atoms with Crippen molar-refractivity contribution in [2.24, 2.45) is 0 Å². The van der Waals surface area contributed by atoms with Crippen molar-refractivity contribution >= 4 is 0 Å². The summed E-state index contributed by atoms with van der Waals surface area (Å²) in [6, 6.07) is -6.59. The Morgan fingerprint density at radius 1 is 0.647 bits per heavy atom. The highest BCUT2D eigenvalue weighted by atomic mass is 19.4. The van der Waals surface area contributed by atoms with Gasteiger partial charge in [0, 0.05) is 0 Å². The molecule has 0 rings (SSSR count). The molecule has 0 aromatic heterocycles. The van der Waals surface area contributed by atoms with Crippen LogP contribution in [0.4, 0.5) is 48.3 Å². The molecule has 0 fully saturated rings. The van der Waals surface area contributed by atoms with E-state index >= 15 is 0 Å². The summed E-state index contributed by atoms with van der Waals surface area (Å²) in [5, 5.41) is 0. The highest BCUT2D eigenvalue weighted by Gasteiger charge is 2.68. The lowest BCUT2D eigenvalue weighted by Crippen LogP contribution is -2.58. The first-order valence-corrected chi connectivity index (χ1v) is 3.25. The van der Waals surface area contributed by atoms with E-state index in [1.807, 2.05) is 0 Å². The lowest BCUT2D eigenvalue weighted by molar-refractivity contribution is -0.434. The van der Waals surface area contributed by atoms with Crippen molar-refractivity contribution < 1.29 is 48.3 Å². The molecule has 0 amide bonds. The number of hydrogen-bond acceptors (Lipinski definition) is 1. The largest absolute Gasteiger partial charge is 0.472 e. The summed E-state index contributed by atoms with van der Waals surface area (Å²) in [5.74, 6) is -4.13. The van der Waals surface area contributed by atoms with Crippen molar-refractivity contribution in [3.63, 3.8) is 0 Å². The predicted octanol–water partition coefficient (Wildman–Crippen LogP) is 4.00. The number of halogens is 11. The first kappa shape index (κ1) is 15.9. The van der Waals surface area contributed by atoms with Gasteiger partial charge < -0.3 is 0 Å². The minimum Gasteiger partial charge on any atom is -0.197 e. The zero-order chi connectivity index (χ0) is 14.2. The van der Waals surface area contributed by atoms with Crippen LogP contribution in [0.15, 0.2) is 11.9 Å². The van der Waals surface area contributed by atoms with E-state index in [0.29, 0.717) is 0 Å². The van der Waals surface area contributed by atoms with Crippen LogP contribution >= 0.6 is 0 Å². The van der Waals surface area contributed by atoms with Gasteiger partial charge in [0.2, 0.25) is 0 Å². The average molecular weight is 283 g/mol. The summed E-state index contributed by atoms with van der Waals surface area (Å²) < 4.78 is 129. The molecule has 102 valence electrons. The van der Waals surface area contributed by atoms with Crippen LogP contribution in [-0.2, 0) is 0 Å². The van der Waals surface area contributed by atoms with Gasteiger partial charge in [-0.2, -0.15) is 48.3 Å². The minimum atomic E-state index is -6.80. The van der Waals surface area contributed by atoms with Crippen LogP contribution in [0.1, 0.15) is 0 Å². The van der Waals surface area contributed by atoms with Crippen LogP contribution in [0.2, 0.25) is 0 Å². The van der Waals surface area contributed by atoms with Gasteiger partial charge in [-0.15, -0.1) is 0 Å². The Morgan fingerprint density at radius 3 is 1.12 bits per heavy atom. The molecule has 0 aliphatic heterocycles. The Hall–Kier alpha value is -1.07. The Morgan fingerprint density at radius 2 is 0.941 bits per heavy atom. The number of alkyl halides is 8. The molecule has 0 aromatic carbocycles. The standard InChI is InChI=1S/C5F11N/c6-1(2(7)8)3(9,10)17(4(11,12)13)5(14,15)16. The molecule has 0 radical (unpaired) electrons. The fourth-order valence-corrected chi connectivity index (χ4v) is 0.674. The van der Waals surface area contributed by atoms with Crippen molar-refractivity contribution in [1.29, 1.82) is 0 Å². The van der Waals surface area contributed by atoms with Gasteiger partial charge in [-0.25, -0.2) is 0 Å². The van der Waals surface area contributed by atoms with Gasteiger partial charge in [-0.05, 0) is 0 Å². The number of hydrogen-bond donors (Lipinski definition) is 0. The molecule has 12 heteroatoms. The molecule has 0 atom stereocenters. The molecule has 0 aliphatic carbocycles. The molecule has 0 spiro atoms. The smallest absolute Gasteiger partial charge is 0.197 e. The number of nitrogens with zero attached hydrogens (tertiary/aromatic N) is 1. The van der Waals surface area contributed by atoms with E-state index in [1.165, 1.54) is 0 Å². The molecule has 0 aromatic rings. The number of rotatable bonds is 2. The molecule has 0 saturated carbocycles. The predicted molar refractivity (Wildman–Crippen MR) is 29.2 cm³/mol. The highest BCUT2D eigenvalue weighted by Crippen LogP contribution is 2.45. The summed E-state index contributed by atoms with van der Waals surface area (Å²) >= 11 is 0. The normalized spacial score (nSPS) is 14.1. The van der Waals surface area contributed by atoms with Crippen LogP contribution in [0, 0.1) is 0 Å². The van der Waals surface area contributed by atoms with Gasteiger partial charge in [-0.3, -0.25) is 0 Å². The zero-order valence-corrected chi connectivity index (χ0v) is 7.10. The zero-order valence-electron chi connectivity index (χ0n) is 7.10. The lowest BCUT2D eigenvalue weighted by Gasteiger charge is -2.31. The minimum absolute atomic E-state index is 3.57. The van der Waals surface area contributed by atoms with E-state index in [4.69, 9.17) is 0 Å². The Bertz CT molecular complexity index is 291. The second-order valence-electron chi connectivity index (χ2n) is 2.39. The monoisotopic (exact) mass is 283 g/mol. The van der Waals surface area contributed by atoms with Crippen LogP contribution in [0.25, 0.3) is 0 Å². The molecule has 17 heavy (non-hydrogen) atoms. The molecular weight excluding hydrogens is 283 g/mol. The molecule has 1 nitrogen and oxygen atoms in total. The Labute approximate surface area is 85.1 Å². The molecule has 0 heterocycles. The summed E-state index contributed by atoms with van der Waals surface area (Å²) in [6.07, 6.45) is -17.6. The highest BCUT2D eigenvalue weighted by molar-refractivity contribution is 5.05. The quantitative estimate of drug-likeness (QED) is 0.547. The molecule has 0 unspecified atom stereocenters. The van der Waals surface area contributed by atoms with Gasteiger partial charge >= 0.3 is 24.7 Å². The fourth-order valence-electron chi connectivity index (χ4n) is 0.674. The van der Waals surface area contributed by atoms with E-state index in [1.54, 1.807) is 0 Å². The van der Waals surface area contributed by atoms with E-state index < -0.39 is 35.5 Å². The summed E-state index contributed by atoms with van der Waals surface area (Å²) in [7, 11) is 0. The third-order valence-corrected chi connectivity index (χ3v) is 1.22. The third-order valence-electron chi connectivity index (χ3n) is 1.22. The van der Waals surface area contributed by atoms with Gasteiger partial charge in [-0.1, -0.05) is 4.90 Å². The summed E-state index contributed by atoms with van der Waals surface area (Å²) in [5.41, 5.74) is 0. The average Bonchev–Trinajstić information content (AvgIpc) is 1.95. The third kappa shape index (κ3) is 3.44. The second kappa shape index (κ2) is 4.31. The van der Waals surface area contributed by atoms with Crippen LogP contribution in [-0.4, -0.2) is 23.5 Å². The maximum absolute atomic E-state index is 12.3. The lowest BCUT2D eigenvalue weighted by atomic mass is 10.4. The maximum Gasteiger partial charge on any atom is 0.472 e. The summed E-state index contributed by atoms with van der Waals surface area (Å²) in [4.78, 5) is -3.57. The van der Waals surface area contributed by atoms with Gasteiger partial charge in [0.1, 0.15) is 0 Å². The Kier molecular flexibility index (Phi) is 4.04. The van der Waals surface area contributed by atoms with Crippen LogP contribution < -0.4 is 0 Å². The van der Waals surface area contributed by atoms with E-state index in [0.717, 1.165) is 0 Å². The van der Waals surface area contributed by atoms with E-state index in [9.17, 15) is 48.3 Å². The topological polar surface area (TPSA) is 3.24 Å². The van der Waals surface area contributed by atoms with Crippen molar-refractivity contribution in [1.82, 2.24) is 4.90 Å². The maximum atomic E-state index is 12.3. The fraction of sp³-hybridized carbons (Fsp3) is 0.600. The first-order valence-electron chi connectivity index (χ1n) is 3.25. The van der Waals surface area contributed by atoms with Crippen LogP contribution in [0.3, 0.4) is 0 Å². The molecule has 0 bridgehead atoms. The summed E-state index contributed by atoms with van der Waals surface area (Å²) in [6.45, 7) is 0. The first-order chi connectivity index (χ1) is 7.22. The van der Waals surface area contributed by atoms with Gasteiger partial charge in [0.05, 0.1) is 0 Å². The molecular formula is C5F11N. The van der Waals surface area contributed by atoms with E-state index in [-0.39, 0.29) is 0 Å². The molecule has 0 saturated heterocycles. The molecule has 0 N–H and O–H groups in total. The van der Waals surface area contributed by atoms with Crippen molar-refractivity contribution in [2.75, 3.05) is 0 Å². The van der Waals surface area contributed by atoms with E-state index in [2.05, 4.69) is 0 Å². The van der Waals surface area contributed by atoms with Crippen LogP contribution in [0.5, 0.6) is 0 Å². The second-order valence-corrected chi connectivity index (χ2v) is 2.39. The SMILES string of the molecule is FC(F)=C(F)C(F)(F)N(C(F)(F)F)C(F)(F)F. The Balaban J connectivity index is 5.74. The molecule has 0 aliphatic rings.